The van der Waals surface area contributed by atoms with E-state index in [1.807, 2.05) is 0 Å². The molecule has 2 bridgehead atoms. The number of hydrogen-bond acceptors (Lipinski definition) is 7. The Balaban J connectivity index is 1.67. The summed E-state index contributed by atoms with van der Waals surface area (Å²) in [7, 11) is -4.79. The van der Waals surface area contributed by atoms with Crippen LogP contribution in [-0.2, 0) is 19.5 Å². The Bertz CT molecular complexity index is 612. The number of piperidine rings is 1. The molecule has 11 nitrogen and oxygen atoms in total. The highest BCUT2D eigenvalue weighted by Gasteiger charge is 2.49. The van der Waals surface area contributed by atoms with Gasteiger partial charge >= 0.3 is 16.4 Å². The van der Waals surface area contributed by atoms with Crippen molar-refractivity contribution in [3.8, 4) is 0 Å². The number of amides is 3. The maximum atomic E-state index is 12.4. The van der Waals surface area contributed by atoms with Gasteiger partial charge in [-0.15, -0.1) is 4.28 Å². The van der Waals surface area contributed by atoms with E-state index >= 15 is 0 Å². The predicted molar refractivity (Wildman–Crippen MR) is 76.2 cm³/mol. The van der Waals surface area contributed by atoms with Crippen LogP contribution in [0.3, 0.4) is 0 Å². The smallest absolute Gasteiger partial charge is 0.349 e. The summed E-state index contributed by atoms with van der Waals surface area (Å²) in [4.78, 5) is 25.9. The summed E-state index contributed by atoms with van der Waals surface area (Å²) in [6.45, 7) is 1.34. The molecule has 3 heterocycles. The zero-order valence-electron chi connectivity index (χ0n) is 12.2. The van der Waals surface area contributed by atoms with Gasteiger partial charge in [-0.1, -0.05) is 0 Å². The number of carbonyl (C=O) groups excluding carboxylic acids is 2. The molecule has 0 unspecified atom stereocenters. The van der Waals surface area contributed by atoms with Crippen LogP contribution in [0.1, 0.15) is 12.8 Å². The Morgan fingerprint density at radius 3 is 2.74 bits per heavy atom. The van der Waals surface area contributed by atoms with Crippen LogP contribution in [0.5, 0.6) is 0 Å². The molecule has 130 valence electrons. The lowest BCUT2D eigenvalue weighted by molar-refractivity contribution is -0.126. The number of nitrogens with two attached hydrogens (primary N) is 1. The van der Waals surface area contributed by atoms with Crippen molar-refractivity contribution in [2.24, 2.45) is 5.73 Å². The zero-order chi connectivity index (χ0) is 16.8. The average Bonchev–Trinajstić information content (AvgIpc) is 2.96. The number of rotatable bonds is 4. The van der Waals surface area contributed by atoms with Gasteiger partial charge in [0.2, 0.25) is 5.91 Å². The molecule has 3 saturated heterocycles. The lowest BCUT2D eigenvalue weighted by Gasteiger charge is -2.30. The summed E-state index contributed by atoms with van der Waals surface area (Å²) in [5.74, 6) is -0.324. The normalized spacial score (nSPS) is 34.1. The van der Waals surface area contributed by atoms with Gasteiger partial charge in [0, 0.05) is 25.7 Å². The molecule has 3 amide bonds. The fraction of sp³-hybridized carbons (Fsp3) is 0.818. The number of nitrogens with one attached hydrogen (secondary N) is 2. The monoisotopic (exact) mass is 349 g/mol. The molecule has 5 N–H and O–H groups in total. The van der Waals surface area contributed by atoms with Crippen molar-refractivity contribution in [2.45, 2.75) is 37.0 Å². The van der Waals surface area contributed by atoms with E-state index in [1.54, 1.807) is 0 Å². The maximum absolute atomic E-state index is 12.4. The van der Waals surface area contributed by atoms with Crippen molar-refractivity contribution < 1.29 is 26.8 Å². The van der Waals surface area contributed by atoms with E-state index in [-0.39, 0.29) is 24.5 Å². The van der Waals surface area contributed by atoms with Gasteiger partial charge in [0.25, 0.3) is 0 Å². The first-order chi connectivity index (χ1) is 10.8. The lowest BCUT2D eigenvalue weighted by Crippen LogP contribution is -2.55. The minimum Gasteiger partial charge on any atom is -0.349 e. The largest absolute Gasteiger partial charge is 0.418 e. The molecule has 0 radical (unpaired) electrons. The minimum absolute atomic E-state index is 0.168. The van der Waals surface area contributed by atoms with E-state index in [4.69, 9.17) is 10.3 Å². The van der Waals surface area contributed by atoms with Gasteiger partial charge in [-0.3, -0.25) is 9.35 Å². The molecule has 0 aromatic heterocycles. The fourth-order valence-electron chi connectivity index (χ4n) is 3.24. The summed E-state index contributed by atoms with van der Waals surface area (Å²) in [5.41, 5.74) is 5.87. The van der Waals surface area contributed by atoms with Crippen molar-refractivity contribution in [1.82, 2.24) is 20.6 Å². The van der Waals surface area contributed by atoms with E-state index in [9.17, 15) is 18.0 Å². The molecule has 3 aliphatic rings. The summed E-state index contributed by atoms with van der Waals surface area (Å²) < 4.78 is 34.7. The van der Waals surface area contributed by atoms with Crippen LogP contribution in [0.2, 0.25) is 0 Å². The second kappa shape index (κ2) is 5.87. The molecule has 0 spiro atoms. The maximum Gasteiger partial charge on any atom is 0.418 e. The van der Waals surface area contributed by atoms with Crippen molar-refractivity contribution in [3.63, 3.8) is 0 Å². The summed E-state index contributed by atoms with van der Waals surface area (Å²) in [5, 5.41) is 6.50. The molecule has 0 aliphatic carbocycles. The zero-order valence-corrected chi connectivity index (χ0v) is 13.0. The first-order valence-corrected chi connectivity index (χ1v) is 8.66. The fourth-order valence-corrected chi connectivity index (χ4v) is 3.63. The topological polar surface area (TPSA) is 154 Å². The van der Waals surface area contributed by atoms with E-state index in [2.05, 4.69) is 14.9 Å². The average molecular weight is 349 g/mol. The third-order valence-electron chi connectivity index (χ3n) is 4.39. The van der Waals surface area contributed by atoms with Gasteiger partial charge in [-0.05, 0) is 12.8 Å². The van der Waals surface area contributed by atoms with Crippen LogP contribution in [0, 0.1) is 0 Å². The van der Waals surface area contributed by atoms with E-state index in [0.717, 1.165) is 0 Å². The van der Waals surface area contributed by atoms with Gasteiger partial charge in [-0.2, -0.15) is 13.5 Å². The first-order valence-electron chi connectivity index (χ1n) is 7.30. The molecule has 12 heteroatoms. The van der Waals surface area contributed by atoms with Gasteiger partial charge < -0.3 is 21.3 Å². The third-order valence-corrected chi connectivity index (χ3v) is 4.74. The molecule has 3 rings (SSSR count). The third kappa shape index (κ3) is 3.26. The first kappa shape index (κ1) is 16.4. The van der Waals surface area contributed by atoms with Crippen LogP contribution in [0.25, 0.3) is 0 Å². The van der Waals surface area contributed by atoms with Crippen molar-refractivity contribution in [3.05, 3.63) is 0 Å². The van der Waals surface area contributed by atoms with E-state index in [0.29, 0.717) is 31.0 Å². The molecule has 0 aromatic rings. The summed E-state index contributed by atoms with van der Waals surface area (Å²) in [6.07, 6.45) is 0.772. The van der Waals surface area contributed by atoms with Crippen molar-refractivity contribution >= 4 is 22.3 Å². The van der Waals surface area contributed by atoms with Crippen LogP contribution in [0.15, 0.2) is 0 Å². The Morgan fingerprint density at radius 2 is 2.13 bits per heavy atom. The van der Waals surface area contributed by atoms with Crippen LogP contribution < -0.4 is 16.4 Å². The van der Waals surface area contributed by atoms with Crippen LogP contribution >= 0.6 is 0 Å². The second-order valence-corrected chi connectivity index (χ2v) is 6.95. The Morgan fingerprint density at radius 1 is 1.39 bits per heavy atom. The van der Waals surface area contributed by atoms with Gasteiger partial charge in [0.05, 0.1) is 12.1 Å². The number of hydrogen-bond donors (Lipinski definition) is 4. The molecular weight excluding hydrogens is 330 g/mol. The van der Waals surface area contributed by atoms with E-state index in [1.165, 1.54) is 4.90 Å². The highest BCUT2D eigenvalue weighted by molar-refractivity contribution is 7.80. The molecule has 4 atom stereocenters. The number of nitrogens with zero attached hydrogens (tertiary/aromatic N) is 2. The quantitative estimate of drug-likeness (QED) is 0.403. The molecule has 0 saturated carbocycles. The highest BCUT2D eigenvalue weighted by atomic mass is 32.3. The minimum atomic E-state index is -4.79. The number of urea groups is 1. The van der Waals surface area contributed by atoms with Gasteiger partial charge in [0.15, 0.2) is 0 Å². The molecule has 3 fully saturated rings. The predicted octanol–water partition coefficient (Wildman–Crippen LogP) is -2.60. The van der Waals surface area contributed by atoms with Crippen LogP contribution in [-0.4, -0.2) is 78.7 Å². The van der Waals surface area contributed by atoms with Gasteiger partial charge in [0.1, 0.15) is 6.04 Å². The van der Waals surface area contributed by atoms with Gasteiger partial charge in [-0.25, -0.2) is 4.79 Å². The number of hydroxylamine groups is 2. The SMILES string of the molecule is N[C@@H]1CNC[C@H]1NC(=O)[C@@H]1CC[C@@H]2CN1C(=O)N2OS(=O)(=O)O. The lowest BCUT2D eigenvalue weighted by atomic mass is 10.00. The summed E-state index contributed by atoms with van der Waals surface area (Å²) >= 11 is 0. The Hall–Kier alpha value is -1.47. The molecule has 0 aromatic carbocycles. The summed E-state index contributed by atoms with van der Waals surface area (Å²) in [6, 6.07) is -2.36. The van der Waals surface area contributed by atoms with Crippen molar-refractivity contribution in [2.75, 3.05) is 19.6 Å². The molecule has 23 heavy (non-hydrogen) atoms. The number of carbonyl (C=O) groups is 2. The van der Waals surface area contributed by atoms with E-state index < -0.39 is 28.5 Å². The molecular formula is C11H19N5O6S. The number of fused-ring (bicyclic) bond motifs is 2. The second-order valence-electron chi connectivity index (χ2n) is 5.95. The Labute approximate surface area is 133 Å². The Kier molecular flexibility index (Phi) is 4.18. The molecule has 3 aliphatic heterocycles. The van der Waals surface area contributed by atoms with Crippen LogP contribution in [0.4, 0.5) is 4.79 Å². The van der Waals surface area contributed by atoms with Crippen molar-refractivity contribution in [1.29, 1.82) is 0 Å². The standard InChI is InChI=1S/C11H19N5O6S/c12-7-3-13-4-8(7)14-10(17)9-2-1-6-5-15(9)11(18)16(6)22-23(19,20)21/h6-9,13H,1-5,12H2,(H,14,17)(H,19,20,21)/t6-,7-,8-,9+/m1/s1. The highest BCUT2D eigenvalue weighted by Crippen LogP contribution is 2.30.